The summed E-state index contributed by atoms with van der Waals surface area (Å²) in [5, 5.41) is 1.13. The normalized spacial score (nSPS) is 11.1. The molecule has 0 saturated heterocycles. The molecule has 0 atom stereocenters. The van der Waals surface area contributed by atoms with Crippen molar-refractivity contribution in [1.29, 1.82) is 0 Å². The summed E-state index contributed by atoms with van der Waals surface area (Å²) in [4.78, 5) is 15.2. The molecule has 4 nitrogen and oxygen atoms in total. The summed E-state index contributed by atoms with van der Waals surface area (Å²) in [6.45, 7) is 0. The van der Waals surface area contributed by atoms with E-state index in [9.17, 15) is 4.79 Å². The monoisotopic (exact) mass is 294 g/mol. The Labute approximate surface area is 118 Å². The summed E-state index contributed by atoms with van der Waals surface area (Å²) >= 11 is 12.0. The number of aromatic nitrogens is 1. The Kier molecular flexibility index (Phi) is 2.77. The lowest BCUT2D eigenvalue weighted by molar-refractivity contribution is 0.101. The molecule has 2 aromatic heterocycles. The molecule has 0 aliphatic rings. The Morgan fingerprint density at radius 2 is 2.16 bits per heavy atom. The standard InChI is InChI=1S/C13H8Cl2N2O2/c14-7-4-8-10(12(16)11(7)15)6(5-17-8)13(18)9-2-1-3-19-9/h1-5,17H,16H2. The number of hydrogen-bond donors (Lipinski definition) is 2. The van der Waals surface area contributed by atoms with Gasteiger partial charge in [0.25, 0.3) is 0 Å². The van der Waals surface area contributed by atoms with Crippen LogP contribution in [0.1, 0.15) is 16.1 Å². The molecule has 0 saturated carbocycles. The number of halogens is 2. The van der Waals surface area contributed by atoms with E-state index >= 15 is 0 Å². The number of carbonyl (C=O) groups is 1. The Morgan fingerprint density at radius 1 is 1.37 bits per heavy atom. The molecular weight excluding hydrogens is 287 g/mol. The number of furan rings is 1. The lowest BCUT2D eigenvalue weighted by Gasteiger charge is -2.04. The van der Waals surface area contributed by atoms with Crippen molar-refractivity contribution in [3.05, 3.63) is 52.0 Å². The second kappa shape index (κ2) is 4.33. The van der Waals surface area contributed by atoms with Crippen LogP contribution in [0, 0.1) is 0 Å². The number of fused-ring (bicyclic) bond motifs is 1. The summed E-state index contributed by atoms with van der Waals surface area (Å²) in [5.74, 6) is -0.0206. The fraction of sp³-hybridized carbons (Fsp3) is 0. The quantitative estimate of drug-likeness (QED) is 0.556. The zero-order valence-electron chi connectivity index (χ0n) is 9.54. The van der Waals surface area contributed by atoms with Gasteiger partial charge in [0.1, 0.15) is 0 Å². The number of rotatable bonds is 2. The summed E-state index contributed by atoms with van der Waals surface area (Å²) in [6.07, 6.45) is 3.01. The smallest absolute Gasteiger partial charge is 0.230 e. The maximum Gasteiger partial charge on any atom is 0.230 e. The predicted molar refractivity (Wildman–Crippen MR) is 74.9 cm³/mol. The third-order valence-corrected chi connectivity index (χ3v) is 3.69. The van der Waals surface area contributed by atoms with Gasteiger partial charge in [-0.2, -0.15) is 0 Å². The van der Waals surface area contributed by atoms with Gasteiger partial charge in [-0.05, 0) is 18.2 Å². The van der Waals surface area contributed by atoms with Crippen molar-refractivity contribution in [3.63, 3.8) is 0 Å². The van der Waals surface area contributed by atoms with Gasteiger partial charge in [0.05, 0.1) is 27.6 Å². The highest BCUT2D eigenvalue weighted by Gasteiger charge is 2.20. The second-order valence-electron chi connectivity index (χ2n) is 4.02. The minimum Gasteiger partial charge on any atom is -0.461 e. The second-order valence-corrected chi connectivity index (χ2v) is 4.80. The highest BCUT2D eigenvalue weighted by Crippen LogP contribution is 2.37. The number of carbonyl (C=O) groups excluding carboxylic acids is 1. The number of nitrogen functional groups attached to an aromatic ring is 1. The van der Waals surface area contributed by atoms with Crippen LogP contribution in [-0.2, 0) is 0 Å². The van der Waals surface area contributed by atoms with Crippen molar-refractivity contribution in [3.8, 4) is 0 Å². The first-order valence-corrected chi connectivity index (χ1v) is 6.18. The molecule has 0 radical (unpaired) electrons. The Hall–Kier alpha value is -1.91. The molecule has 0 unspecified atom stereocenters. The average molecular weight is 295 g/mol. The topological polar surface area (TPSA) is 72.0 Å². The van der Waals surface area contributed by atoms with Crippen LogP contribution in [-0.4, -0.2) is 10.8 Å². The van der Waals surface area contributed by atoms with Crippen molar-refractivity contribution in [2.45, 2.75) is 0 Å². The largest absolute Gasteiger partial charge is 0.461 e. The van der Waals surface area contributed by atoms with Gasteiger partial charge in [-0.3, -0.25) is 4.79 Å². The molecule has 0 aliphatic heterocycles. The molecule has 3 N–H and O–H groups in total. The fourth-order valence-corrected chi connectivity index (χ4v) is 2.35. The zero-order valence-corrected chi connectivity index (χ0v) is 11.0. The van der Waals surface area contributed by atoms with Gasteiger partial charge in [0.2, 0.25) is 5.78 Å². The van der Waals surface area contributed by atoms with Crippen LogP contribution in [0.25, 0.3) is 10.9 Å². The van der Waals surface area contributed by atoms with E-state index in [-0.39, 0.29) is 22.3 Å². The Balaban J connectivity index is 2.26. The third kappa shape index (κ3) is 1.80. The lowest BCUT2D eigenvalue weighted by Crippen LogP contribution is -2.00. The maximum absolute atomic E-state index is 12.3. The Bertz CT molecular complexity index is 776. The van der Waals surface area contributed by atoms with E-state index in [4.69, 9.17) is 33.4 Å². The van der Waals surface area contributed by atoms with Crippen LogP contribution in [0.4, 0.5) is 5.69 Å². The number of ketones is 1. The van der Waals surface area contributed by atoms with Gasteiger partial charge < -0.3 is 15.1 Å². The van der Waals surface area contributed by atoms with Gasteiger partial charge in [0, 0.05) is 17.1 Å². The van der Waals surface area contributed by atoms with E-state index in [1.807, 2.05) is 0 Å². The first kappa shape index (κ1) is 12.1. The SMILES string of the molecule is Nc1c(Cl)c(Cl)cc2[nH]cc(C(=O)c3ccco3)c12. The average Bonchev–Trinajstić information content (AvgIpc) is 3.04. The predicted octanol–water partition coefficient (Wildman–Crippen LogP) is 3.88. The molecule has 3 aromatic rings. The van der Waals surface area contributed by atoms with Crippen LogP contribution >= 0.6 is 23.2 Å². The molecule has 6 heteroatoms. The first-order chi connectivity index (χ1) is 9.09. The van der Waals surface area contributed by atoms with Crippen molar-refractivity contribution in [1.82, 2.24) is 4.98 Å². The molecule has 1 aromatic carbocycles. The number of aromatic amines is 1. The van der Waals surface area contributed by atoms with Crippen molar-refractivity contribution in [2.75, 3.05) is 5.73 Å². The van der Waals surface area contributed by atoms with Gasteiger partial charge in [0.15, 0.2) is 5.76 Å². The first-order valence-electron chi connectivity index (χ1n) is 5.42. The minimum atomic E-state index is -0.263. The summed E-state index contributed by atoms with van der Waals surface area (Å²) in [5.41, 5.74) is 7.27. The molecular formula is C13H8Cl2N2O2. The van der Waals surface area contributed by atoms with Crippen LogP contribution in [0.15, 0.2) is 35.1 Å². The number of H-pyrrole nitrogens is 1. The van der Waals surface area contributed by atoms with Gasteiger partial charge in [-0.1, -0.05) is 23.2 Å². The minimum absolute atomic E-state index is 0.238. The van der Waals surface area contributed by atoms with Crippen LogP contribution in [0.3, 0.4) is 0 Å². The number of benzene rings is 1. The molecule has 19 heavy (non-hydrogen) atoms. The van der Waals surface area contributed by atoms with Crippen molar-refractivity contribution < 1.29 is 9.21 Å². The lowest BCUT2D eigenvalue weighted by atomic mass is 10.1. The van der Waals surface area contributed by atoms with Crippen LogP contribution < -0.4 is 5.73 Å². The number of nitrogens with one attached hydrogen (secondary N) is 1. The Morgan fingerprint density at radius 3 is 2.84 bits per heavy atom. The molecule has 3 rings (SSSR count). The maximum atomic E-state index is 12.3. The van der Waals surface area contributed by atoms with Crippen LogP contribution in [0.5, 0.6) is 0 Å². The molecule has 96 valence electrons. The van der Waals surface area contributed by atoms with E-state index in [0.29, 0.717) is 21.5 Å². The van der Waals surface area contributed by atoms with Gasteiger partial charge >= 0.3 is 0 Å². The molecule has 0 aliphatic carbocycles. The number of hydrogen-bond acceptors (Lipinski definition) is 3. The van der Waals surface area contributed by atoms with E-state index in [0.717, 1.165) is 0 Å². The third-order valence-electron chi connectivity index (χ3n) is 2.89. The summed E-state index contributed by atoms with van der Waals surface area (Å²) in [6, 6.07) is 4.87. The van der Waals surface area contributed by atoms with E-state index in [1.165, 1.54) is 6.26 Å². The number of nitrogens with two attached hydrogens (primary N) is 1. The summed E-state index contributed by atoms with van der Waals surface area (Å²) < 4.78 is 5.10. The summed E-state index contributed by atoms with van der Waals surface area (Å²) in [7, 11) is 0. The molecule has 0 bridgehead atoms. The van der Waals surface area contributed by atoms with Crippen molar-refractivity contribution >= 4 is 45.6 Å². The molecule has 0 amide bonds. The van der Waals surface area contributed by atoms with E-state index < -0.39 is 0 Å². The van der Waals surface area contributed by atoms with E-state index in [1.54, 1.807) is 24.4 Å². The zero-order chi connectivity index (χ0) is 13.6. The van der Waals surface area contributed by atoms with E-state index in [2.05, 4.69) is 4.98 Å². The van der Waals surface area contributed by atoms with Gasteiger partial charge in [-0.15, -0.1) is 0 Å². The highest BCUT2D eigenvalue weighted by atomic mass is 35.5. The van der Waals surface area contributed by atoms with Gasteiger partial charge in [-0.25, -0.2) is 0 Å². The molecule has 0 spiro atoms. The van der Waals surface area contributed by atoms with Crippen molar-refractivity contribution in [2.24, 2.45) is 0 Å². The van der Waals surface area contributed by atoms with Crippen LogP contribution in [0.2, 0.25) is 10.0 Å². The number of anilines is 1. The molecule has 0 fully saturated rings. The fourth-order valence-electron chi connectivity index (χ4n) is 1.99. The highest BCUT2D eigenvalue weighted by molar-refractivity contribution is 6.45. The molecule has 2 heterocycles.